The van der Waals surface area contributed by atoms with E-state index in [9.17, 15) is 14.4 Å². The lowest BCUT2D eigenvalue weighted by Crippen LogP contribution is -2.49. The number of hydrogen-bond donors (Lipinski definition) is 1. The molecule has 198 valence electrons. The summed E-state index contributed by atoms with van der Waals surface area (Å²) in [6.07, 6.45) is 1.00. The number of nitrogens with two attached hydrogens (primary N) is 1. The van der Waals surface area contributed by atoms with Crippen LogP contribution in [0, 0.1) is 5.92 Å². The largest absolute Gasteiger partial charge is 0.493 e. The third-order valence-electron chi connectivity index (χ3n) is 7.40. The fourth-order valence-electron chi connectivity index (χ4n) is 5.35. The zero-order chi connectivity index (χ0) is 26.9. The van der Waals surface area contributed by atoms with Crippen molar-refractivity contribution in [2.75, 3.05) is 48.6 Å². The number of nitrogens with zero attached hydrogens (tertiary/aromatic N) is 2. The van der Waals surface area contributed by atoms with Gasteiger partial charge in [0.25, 0.3) is 5.91 Å². The second-order valence-corrected chi connectivity index (χ2v) is 9.25. The highest BCUT2D eigenvalue weighted by Crippen LogP contribution is 2.47. The van der Waals surface area contributed by atoms with Gasteiger partial charge in [0.15, 0.2) is 23.0 Å². The van der Waals surface area contributed by atoms with E-state index >= 15 is 0 Å². The Labute approximate surface area is 216 Å². The maximum absolute atomic E-state index is 14.2. The topological polar surface area (TPSA) is 121 Å². The first kappa shape index (κ1) is 26.1. The second kappa shape index (κ2) is 10.6. The van der Waals surface area contributed by atoms with Crippen LogP contribution in [0.1, 0.15) is 46.3 Å². The van der Waals surface area contributed by atoms with E-state index in [0.29, 0.717) is 60.1 Å². The minimum atomic E-state index is -0.735. The Morgan fingerprint density at radius 3 is 2.00 bits per heavy atom. The van der Waals surface area contributed by atoms with Crippen molar-refractivity contribution in [2.24, 2.45) is 11.7 Å². The lowest BCUT2D eigenvalue weighted by Gasteiger charge is -2.43. The zero-order valence-corrected chi connectivity index (χ0v) is 21.8. The van der Waals surface area contributed by atoms with Crippen LogP contribution in [0.2, 0.25) is 0 Å². The highest BCUT2D eigenvalue weighted by molar-refractivity contribution is 6.02. The molecule has 0 aliphatic carbocycles. The summed E-state index contributed by atoms with van der Waals surface area (Å²) in [4.78, 5) is 42.8. The van der Waals surface area contributed by atoms with Gasteiger partial charge in [-0.1, -0.05) is 6.07 Å². The smallest absolute Gasteiger partial charge is 0.254 e. The first-order valence-electron chi connectivity index (χ1n) is 12.1. The van der Waals surface area contributed by atoms with Gasteiger partial charge in [0, 0.05) is 31.6 Å². The van der Waals surface area contributed by atoms with Crippen molar-refractivity contribution in [2.45, 2.75) is 24.8 Å². The third-order valence-corrected chi connectivity index (χ3v) is 7.40. The van der Waals surface area contributed by atoms with Gasteiger partial charge in [-0.2, -0.15) is 0 Å². The molecule has 2 aliphatic rings. The van der Waals surface area contributed by atoms with Crippen LogP contribution in [-0.2, 0) is 9.59 Å². The fraction of sp³-hybridized carbons (Fsp3) is 0.444. The Kier molecular flexibility index (Phi) is 7.47. The van der Waals surface area contributed by atoms with E-state index in [1.54, 1.807) is 48.2 Å². The molecule has 2 aliphatic heterocycles. The Morgan fingerprint density at radius 1 is 0.865 bits per heavy atom. The van der Waals surface area contributed by atoms with Crippen LogP contribution < -0.4 is 24.7 Å². The van der Waals surface area contributed by atoms with E-state index in [-0.39, 0.29) is 23.6 Å². The molecule has 37 heavy (non-hydrogen) atoms. The molecule has 0 aromatic heterocycles. The first-order chi connectivity index (χ1) is 17.7. The summed E-state index contributed by atoms with van der Waals surface area (Å²) in [6.45, 7) is 0.809. The number of benzene rings is 2. The van der Waals surface area contributed by atoms with Crippen LogP contribution in [0.25, 0.3) is 0 Å². The van der Waals surface area contributed by atoms with Crippen molar-refractivity contribution in [1.82, 2.24) is 9.80 Å². The molecule has 3 amide bonds. The maximum Gasteiger partial charge on any atom is 0.254 e. The highest BCUT2D eigenvalue weighted by atomic mass is 16.5. The van der Waals surface area contributed by atoms with Gasteiger partial charge >= 0.3 is 0 Å². The standard InChI is InChI=1S/C27H33N3O7/c1-29-24(16-6-7-19(34-2)20(12-16)35-3)23(27(33)30-10-8-15(9-11-30)25(28)31)17-13-21(36-4)22(37-5)14-18(17)26(29)32/h6-7,12-15,23-24H,8-11H2,1-5H3,(H2,28,31)/t23-,24-/m0/s1. The number of rotatable bonds is 7. The van der Waals surface area contributed by atoms with Crippen LogP contribution in [0.4, 0.5) is 0 Å². The van der Waals surface area contributed by atoms with Gasteiger partial charge in [-0.05, 0) is 48.2 Å². The van der Waals surface area contributed by atoms with E-state index in [2.05, 4.69) is 0 Å². The van der Waals surface area contributed by atoms with Gasteiger partial charge in [-0.3, -0.25) is 14.4 Å². The average molecular weight is 512 g/mol. The molecule has 0 spiro atoms. The number of carbonyl (C=O) groups excluding carboxylic acids is 3. The summed E-state index contributed by atoms with van der Waals surface area (Å²) in [5.74, 6) is 0.143. The van der Waals surface area contributed by atoms with Crippen LogP contribution in [0.15, 0.2) is 30.3 Å². The predicted octanol–water partition coefficient (Wildman–Crippen LogP) is 2.36. The van der Waals surface area contributed by atoms with Crippen molar-refractivity contribution in [1.29, 1.82) is 0 Å². The van der Waals surface area contributed by atoms with Crippen LogP contribution in [0.3, 0.4) is 0 Å². The number of likely N-dealkylation sites (N-methyl/N-ethyl adjacent to an activating group) is 1. The number of ether oxygens (including phenoxy) is 4. The molecular formula is C27H33N3O7. The number of piperidine rings is 1. The van der Waals surface area contributed by atoms with E-state index in [0.717, 1.165) is 5.56 Å². The molecule has 1 saturated heterocycles. The molecule has 0 saturated carbocycles. The lowest BCUT2D eigenvalue weighted by atomic mass is 9.78. The minimum Gasteiger partial charge on any atom is -0.493 e. The number of primary amides is 1. The monoisotopic (exact) mass is 511 g/mol. The van der Waals surface area contributed by atoms with Crippen LogP contribution >= 0.6 is 0 Å². The van der Waals surface area contributed by atoms with Gasteiger partial charge in [0.2, 0.25) is 11.8 Å². The molecule has 0 unspecified atom stereocenters. The molecule has 2 heterocycles. The van der Waals surface area contributed by atoms with Crippen molar-refractivity contribution in [3.8, 4) is 23.0 Å². The molecule has 10 heteroatoms. The third kappa shape index (κ3) is 4.63. The van der Waals surface area contributed by atoms with Gasteiger partial charge in [0.1, 0.15) is 0 Å². The number of methoxy groups -OCH3 is 4. The number of likely N-dealkylation sites (tertiary alicyclic amines) is 1. The highest BCUT2D eigenvalue weighted by Gasteiger charge is 2.45. The predicted molar refractivity (Wildman–Crippen MR) is 135 cm³/mol. The minimum absolute atomic E-state index is 0.143. The van der Waals surface area contributed by atoms with Crippen molar-refractivity contribution < 1.29 is 33.3 Å². The van der Waals surface area contributed by atoms with Crippen LogP contribution in [-0.4, -0.2) is 76.1 Å². The van der Waals surface area contributed by atoms with Gasteiger partial charge in [-0.25, -0.2) is 0 Å². The lowest BCUT2D eigenvalue weighted by molar-refractivity contribution is -0.137. The van der Waals surface area contributed by atoms with Gasteiger partial charge < -0.3 is 34.5 Å². The molecule has 4 rings (SSSR count). The normalized spacial score (nSPS) is 19.8. The number of hydrogen-bond acceptors (Lipinski definition) is 7. The Hall–Kier alpha value is -3.95. The molecule has 10 nitrogen and oxygen atoms in total. The Bertz CT molecular complexity index is 1210. The molecule has 2 aromatic carbocycles. The summed E-state index contributed by atoms with van der Waals surface area (Å²) in [5, 5.41) is 0. The summed E-state index contributed by atoms with van der Waals surface area (Å²) in [7, 11) is 7.78. The zero-order valence-electron chi connectivity index (χ0n) is 21.8. The number of fused-ring (bicyclic) bond motifs is 1. The molecular weight excluding hydrogens is 478 g/mol. The van der Waals surface area contributed by atoms with Crippen LogP contribution in [0.5, 0.6) is 23.0 Å². The summed E-state index contributed by atoms with van der Waals surface area (Å²) in [6, 6.07) is 8.10. The van der Waals surface area contributed by atoms with E-state index in [1.165, 1.54) is 21.3 Å². The van der Waals surface area contributed by atoms with Crippen molar-refractivity contribution in [3.05, 3.63) is 47.0 Å². The van der Waals surface area contributed by atoms with E-state index < -0.39 is 12.0 Å². The summed E-state index contributed by atoms with van der Waals surface area (Å²) >= 11 is 0. The quantitative estimate of drug-likeness (QED) is 0.606. The van der Waals surface area contributed by atoms with E-state index in [4.69, 9.17) is 24.7 Å². The molecule has 1 fully saturated rings. The molecule has 2 aromatic rings. The second-order valence-electron chi connectivity index (χ2n) is 9.25. The number of amides is 3. The summed E-state index contributed by atoms with van der Waals surface area (Å²) < 4.78 is 21.9. The first-order valence-corrected chi connectivity index (χ1v) is 12.1. The van der Waals surface area contributed by atoms with Gasteiger partial charge in [0.05, 0.1) is 40.4 Å². The average Bonchev–Trinajstić information content (AvgIpc) is 2.93. The SMILES string of the molecule is COc1ccc([C@H]2[C@@H](C(=O)N3CCC(C(N)=O)CC3)c3cc(OC)c(OC)cc3C(=O)N2C)cc1OC. The van der Waals surface area contributed by atoms with E-state index in [1.807, 2.05) is 6.07 Å². The van der Waals surface area contributed by atoms with Gasteiger partial charge in [-0.15, -0.1) is 0 Å². The molecule has 0 radical (unpaired) electrons. The van der Waals surface area contributed by atoms with Crippen molar-refractivity contribution >= 4 is 17.7 Å². The van der Waals surface area contributed by atoms with Crippen molar-refractivity contribution in [3.63, 3.8) is 0 Å². The number of carbonyl (C=O) groups is 3. The fourth-order valence-corrected chi connectivity index (χ4v) is 5.35. The maximum atomic E-state index is 14.2. The Balaban J connectivity index is 1.85. The molecule has 0 bridgehead atoms. The molecule has 2 atom stereocenters. The Morgan fingerprint density at radius 2 is 1.43 bits per heavy atom. The summed E-state index contributed by atoms with van der Waals surface area (Å²) in [5.41, 5.74) is 7.16. The molecule has 2 N–H and O–H groups in total.